The van der Waals surface area contributed by atoms with E-state index in [0.29, 0.717) is 30.5 Å². The minimum atomic E-state index is -1.32. The van der Waals surface area contributed by atoms with Gasteiger partial charge in [-0.1, -0.05) is 84.9 Å². The van der Waals surface area contributed by atoms with Gasteiger partial charge in [0.25, 0.3) is 5.91 Å². The molecule has 0 aliphatic carbocycles. The van der Waals surface area contributed by atoms with Crippen LogP contribution >= 0.6 is 0 Å². The number of likely N-dealkylation sites (tertiary alicyclic amines) is 1. The predicted molar refractivity (Wildman–Crippen MR) is 197 cm³/mol. The maximum absolute atomic E-state index is 15.2. The summed E-state index contributed by atoms with van der Waals surface area (Å²) in [7, 11) is 0. The SMILES string of the molecule is C=CCCC(=O)OC[C@@H](NC(=O)[C@@H]1[C@H]2C(=O)N([C@H](CO)c3ccccc3)[C@H](C(=O)N(CC=C)c3cc(C)ccc3C)[C@]23CC[C@H]1O3)c1ccccc1. The number of fused-ring (bicyclic) bond motifs is 1. The van der Waals surface area contributed by atoms with E-state index in [9.17, 15) is 19.5 Å². The lowest BCUT2D eigenvalue weighted by Gasteiger charge is -2.39. The molecule has 6 rings (SSSR count). The lowest BCUT2D eigenvalue weighted by atomic mass is 9.70. The van der Waals surface area contributed by atoms with Crippen molar-refractivity contribution in [2.24, 2.45) is 11.8 Å². The van der Waals surface area contributed by atoms with Crippen molar-refractivity contribution in [3.63, 3.8) is 0 Å². The third kappa shape index (κ3) is 6.80. The third-order valence-corrected chi connectivity index (χ3v) is 10.7. The molecule has 1 spiro atoms. The Bertz CT molecular complexity index is 1810. The van der Waals surface area contributed by atoms with Crippen LogP contribution < -0.4 is 10.2 Å². The minimum absolute atomic E-state index is 0.103. The van der Waals surface area contributed by atoms with E-state index in [0.717, 1.165) is 16.7 Å². The fourth-order valence-corrected chi connectivity index (χ4v) is 8.27. The van der Waals surface area contributed by atoms with Crippen LogP contribution in [0.25, 0.3) is 0 Å². The summed E-state index contributed by atoms with van der Waals surface area (Å²) in [6.07, 6.45) is 4.15. The van der Waals surface area contributed by atoms with E-state index < -0.39 is 66.1 Å². The molecule has 2 N–H and O–H groups in total. The number of hydrogen-bond acceptors (Lipinski definition) is 7. The molecule has 3 aromatic rings. The van der Waals surface area contributed by atoms with Gasteiger partial charge >= 0.3 is 5.97 Å². The Morgan fingerprint density at radius 3 is 2.38 bits per heavy atom. The van der Waals surface area contributed by atoms with Crippen LogP contribution in [0, 0.1) is 25.7 Å². The van der Waals surface area contributed by atoms with E-state index >= 15 is 4.79 Å². The highest BCUT2D eigenvalue weighted by molar-refractivity contribution is 6.05. The molecule has 3 saturated heterocycles. The van der Waals surface area contributed by atoms with E-state index in [4.69, 9.17) is 9.47 Å². The first-order valence-electron chi connectivity index (χ1n) is 17.9. The molecule has 3 aliphatic heterocycles. The Balaban J connectivity index is 1.39. The molecule has 7 atom stereocenters. The van der Waals surface area contributed by atoms with E-state index in [2.05, 4.69) is 18.5 Å². The zero-order valence-corrected chi connectivity index (χ0v) is 29.8. The molecular formula is C42H47N3O7. The van der Waals surface area contributed by atoms with Crippen molar-refractivity contribution < 1.29 is 33.8 Å². The number of carbonyl (C=O) groups excluding carboxylic acids is 4. The van der Waals surface area contributed by atoms with Gasteiger partial charge in [0, 0.05) is 18.7 Å². The fourth-order valence-electron chi connectivity index (χ4n) is 8.27. The van der Waals surface area contributed by atoms with Crippen LogP contribution in [0.15, 0.2) is 104 Å². The van der Waals surface area contributed by atoms with Gasteiger partial charge in [0.05, 0.1) is 36.6 Å². The Labute approximate surface area is 305 Å². The Kier molecular flexibility index (Phi) is 11.1. The van der Waals surface area contributed by atoms with E-state index in [1.165, 1.54) is 4.90 Å². The molecule has 3 heterocycles. The van der Waals surface area contributed by atoms with Crippen LogP contribution in [0.4, 0.5) is 5.69 Å². The molecule has 3 fully saturated rings. The molecule has 3 aromatic carbocycles. The number of allylic oxidation sites excluding steroid dienone is 1. The standard InChI is InChI=1S/C42H47N3O7/c1-5-7-18-35(47)51-26-31(29-14-10-8-11-15-29)43-39(48)36-34-21-22-42(52-34)37(36)40(49)45(33(25-46)30-16-12-9-13-17-30)38(42)41(50)44(23-6-2)32-24-27(3)19-20-28(32)4/h5-6,8-17,19-20,24,31,33-34,36-38,46H,1-2,7,18,21-23,25-26H2,3-4H3,(H,43,48)/t31-,33-,34-,36+,37+,38-,42+/m1/s1. The Morgan fingerprint density at radius 1 is 1.04 bits per heavy atom. The predicted octanol–water partition coefficient (Wildman–Crippen LogP) is 5.30. The number of aliphatic hydroxyl groups excluding tert-OH is 1. The summed E-state index contributed by atoms with van der Waals surface area (Å²) in [5, 5.41) is 14.0. The van der Waals surface area contributed by atoms with E-state index in [1.807, 2.05) is 92.7 Å². The maximum atomic E-state index is 15.2. The normalized spacial score (nSPS) is 24.1. The van der Waals surface area contributed by atoms with Gasteiger partial charge in [-0.25, -0.2) is 0 Å². The zero-order valence-electron chi connectivity index (χ0n) is 29.8. The second-order valence-electron chi connectivity index (χ2n) is 13.9. The number of amides is 3. The van der Waals surface area contributed by atoms with Gasteiger partial charge in [0.2, 0.25) is 11.8 Å². The Morgan fingerprint density at radius 2 is 1.73 bits per heavy atom. The number of nitrogens with one attached hydrogen (secondary N) is 1. The van der Waals surface area contributed by atoms with Gasteiger partial charge in [-0.3, -0.25) is 19.2 Å². The first-order chi connectivity index (χ1) is 25.1. The van der Waals surface area contributed by atoms with Gasteiger partial charge in [0.1, 0.15) is 18.2 Å². The summed E-state index contributed by atoms with van der Waals surface area (Å²) in [5.74, 6) is -3.54. The van der Waals surface area contributed by atoms with Gasteiger partial charge < -0.3 is 29.7 Å². The highest BCUT2D eigenvalue weighted by atomic mass is 16.5. The summed E-state index contributed by atoms with van der Waals surface area (Å²) < 4.78 is 12.3. The minimum Gasteiger partial charge on any atom is -0.463 e. The lowest BCUT2D eigenvalue weighted by molar-refractivity contribution is -0.146. The van der Waals surface area contributed by atoms with Crippen molar-refractivity contribution in [3.05, 3.63) is 126 Å². The highest BCUT2D eigenvalue weighted by Gasteiger charge is 2.75. The van der Waals surface area contributed by atoms with Crippen LogP contribution in [0.2, 0.25) is 0 Å². The molecule has 0 unspecified atom stereocenters. The summed E-state index contributed by atoms with van der Waals surface area (Å²) >= 11 is 0. The zero-order chi connectivity index (χ0) is 37.0. The maximum Gasteiger partial charge on any atom is 0.306 e. The van der Waals surface area contributed by atoms with Gasteiger partial charge in [-0.05, 0) is 61.4 Å². The molecule has 0 radical (unpaired) electrons. The van der Waals surface area contributed by atoms with Crippen molar-refractivity contribution in [1.29, 1.82) is 0 Å². The topological polar surface area (TPSA) is 125 Å². The average molecular weight is 706 g/mol. The van der Waals surface area contributed by atoms with Crippen LogP contribution in [0.1, 0.15) is 60.0 Å². The van der Waals surface area contributed by atoms with Crippen LogP contribution in [0.3, 0.4) is 0 Å². The lowest BCUT2D eigenvalue weighted by Crippen LogP contribution is -2.57. The largest absolute Gasteiger partial charge is 0.463 e. The summed E-state index contributed by atoms with van der Waals surface area (Å²) in [6.45, 7) is 11.1. The quantitative estimate of drug-likeness (QED) is 0.163. The number of benzene rings is 3. The van der Waals surface area contributed by atoms with Crippen molar-refractivity contribution in [3.8, 4) is 0 Å². The molecule has 52 heavy (non-hydrogen) atoms. The molecule has 10 nitrogen and oxygen atoms in total. The number of hydrogen-bond donors (Lipinski definition) is 2. The highest BCUT2D eigenvalue weighted by Crippen LogP contribution is 2.60. The Hall–Kier alpha value is -5.06. The number of aryl methyl sites for hydroxylation is 2. The van der Waals surface area contributed by atoms with E-state index in [1.54, 1.807) is 17.1 Å². The van der Waals surface area contributed by atoms with Crippen LogP contribution in [-0.4, -0.2) is 71.2 Å². The van der Waals surface area contributed by atoms with Gasteiger partial charge in [0.15, 0.2) is 0 Å². The van der Waals surface area contributed by atoms with Crippen LogP contribution in [-0.2, 0) is 28.7 Å². The van der Waals surface area contributed by atoms with Gasteiger partial charge in [-0.15, -0.1) is 13.2 Å². The molecular weight excluding hydrogens is 658 g/mol. The molecule has 2 bridgehead atoms. The molecule has 0 saturated carbocycles. The number of carbonyl (C=O) groups is 4. The summed E-state index contributed by atoms with van der Waals surface area (Å²) in [4.78, 5) is 60.2. The van der Waals surface area contributed by atoms with E-state index in [-0.39, 0.29) is 25.5 Å². The number of esters is 1. The molecule has 272 valence electrons. The summed E-state index contributed by atoms with van der Waals surface area (Å²) in [5.41, 5.74) is 2.60. The molecule has 3 amide bonds. The molecule has 3 aliphatic rings. The van der Waals surface area contributed by atoms with Crippen molar-refractivity contribution in [2.45, 2.75) is 69.4 Å². The second kappa shape index (κ2) is 15.7. The average Bonchev–Trinajstić information content (AvgIpc) is 3.81. The summed E-state index contributed by atoms with van der Waals surface area (Å²) in [6, 6.07) is 21.5. The third-order valence-electron chi connectivity index (χ3n) is 10.7. The monoisotopic (exact) mass is 705 g/mol. The number of nitrogens with zero attached hydrogens (tertiary/aromatic N) is 2. The number of anilines is 1. The second-order valence-corrected chi connectivity index (χ2v) is 13.9. The van der Waals surface area contributed by atoms with Crippen LogP contribution in [0.5, 0.6) is 0 Å². The van der Waals surface area contributed by atoms with Crippen molar-refractivity contribution >= 4 is 29.4 Å². The smallest absolute Gasteiger partial charge is 0.306 e. The fraction of sp³-hybridized carbons (Fsp3) is 0.381. The number of rotatable bonds is 15. The van der Waals surface area contributed by atoms with Crippen molar-refractivity contribution in [1.82, 2.24) is 10.2 Å². The first-order valence-corrected chi connectivity index (χ1v) is 17.9. The molecule has 10 heteroatoms. The molecule has 0 aromatic heterocycles. The van der Waals surface area contributed by atoms with Crippen molar-refractivity contribution in [2.75, 3.05) is 24.7 Å². The number of aliphatic hydroxyl groups is 1. The number of ether oxygens (including phenoxy) is 2. The first kappa shape index (κ1) is 36.7. The van der Waals surface area contributed by atoms with Gasteiger partial charge in [-0.2, -0.15) is 0 Å².